The first-order valence-corrected chi connectivity index (χ1v) is 17.6. The van der Waals surface area contributed by atoms with Crippen LogP contribution in [0.5, 0.6) is 0 Å². The van der Waals surface area contributed by atoms with E-state index in [9.17, 15) is 30.0 Å². The van der Waals surface area contributed by atoms with Gasteiger partial charge in [0, 0.05) is 18.5 Å². The number of aliphatic hydroxyl groups is 4. The van der Waals surface area contributed by atoms with Crippen LogP contribution >= 0.6 is 0 Å². The Morgan fingerprint density at radius 1 is 0.936 bits per heavy atom. The average molecular weight is 653 g/mol. The molecule has 0 unspecified atom stereocenters. The molecule has 12 atom stereocenters. The van der Waals surface area contributed by atoms with Gasteiger partial charge in [-0.1, -0.05) is 31.6 Å². The third kappa shape index (κ3) is 5.00. The highest BCUT2D eigenvalue weighted by molar-refractivity contribution is 6.21. The maximum Gasteiger partial charge on any atom is 0.261 e. The predicted octanol–water partition coefficient (Wildman–Crippen LogP) is 3.22. The maximum absolute atomic E-state index is 13.3. The van der Waals surface area contributed by atoms with Crippen LogP contribution in [0.1, 0.15) is 104 Å². The fourth-order valence-corrected chi connectivity index (χ4v) is 10.6. The molecule has 4 fully saturated rings. The number of rotatable bonds is 6. The van der Waals surface area contributed by atoms with Crippen LogP contribution in [-0.2, 0) is 9.47 Å². The van der Waals surface area contributed by atoms with Crippen LogP contribution in [0.4, 0.5) is 0 Å². The number of aliphatic hydroxyl groups excluding tert-OH is 3. The van der Waals surface area contributed by atoms with Crippen molar-refractivity contribution in [3.63, 3.8) is 0 Å². The summed E-state index contributed by atoms with van der Waals surface area (Å²) in [5.41, 5.74) is 2.13. The van der Waals surface area contributed by atoms with Crippen molar-refractivity contribution in [2.75, 3.05) is 27.2 Å². The first kappa shape index (κ1) is 33.3. The molecule has 4 N–H and O–H groups in total. The summed E-state index contributed by atoms with van der Waals surface area (Å²) in [6.45, 7) is 7.25. The molecule has 0 bridgehead atoms. The molecule has 10 nitrogen and oxygen atoms in total. The zero-order valence-electron chi connectivity index (χ0n) is 28.4. The summed E-state index contributed by atoms with van der Waals surface area (Å²) < 4.78 is 11.9. The number of carbonyl (C=O) groups excluding carboxylic acids is 2. The van der Waals surface area contributed by atoms with Crippen LogP contribution < -0.4 is 0 Å². The normalized spacial score (nSPS) is 44.6. The number of likely N-dealkylation sites (N-methyl/N-ethyl adjacent to an activating group) is 1. The maximum atomic E-state index is 13.3. The van der Waals surface area contributed by atoms with E-state index in [1.807, 2.05) is 37.2 Å². The van der Waals surface area contributed by atoms with Crippen molar-refractivity contribution in [2.45, 2.75) is 120 Å². The van der Waals surface area contributed by atoms with Crippen LogP contribution in [-0.4, -0.2) is 112 Å². The zero-order chi connectivity index (χ0) is 33.6. The van der Waals surface area contributed by atoms with Crippen molar-refractivity contribution in [1.29, 1.82) is 0 Å². The van der Waals surface area contributed by atoms with Gasteiger partial charge in [0.1, 0.15) is 18.3 Å². The number of imide groups is 1. The molecule has 7 rings (SSSR count). The van der Waals surface area contributed by atoms with Gasteiger partial charge in [-0.3, -0.25) is 14.5 Å². The lowest BCUT2D eigenvalue weighted by Crippen LogP contribution is -2.60. The van der Waals surface area contributed by atoms with Gasteiger partial charge < -0.3 is 34.8 Å². The van der Waals surface area contributed by atoms with Crippen molar-refractivity contribution < 1.29 is 39.5 Å². The molecule has 2 aliphatic heterocycles. The Balaban J connectivity index is 1.09. The van der Waals surface area contributed by atoms with Gasteiger partial charge >= 0.3 is 0 Å². The molecule has 0 aromatic heterocycles. The summed E-state index contributed by atoms with van der Waals surface area (Å²) in [6, 6.07) is 5.79. The molecule has 4 aliphatic carbocycles. The van der Waals surface area contributed by atoms with E-state index in [-0.39, 0.29) is 40.6 Å². The van der Waals surface area contributed by atoms with Gasteiger partial charge in [-0.25, -0.2) is 0 Å². The highest BCUT2D eigenvalue weighted by Crippen LogP contribution is 2.70. The number of amides is 2. The Bertz CT molecular complexity index is 1460. The lowest BCUT2D eigenvalue weighted by molar-refractivity contribution is -0.301. The van der Waals surface area contributed by atoms with Crippen molar-refractivity contribution in [2.24, 2.45) is 22.7 Å². The lowest BCUT2D eigenvalue weighted by Gasteiger charge is -2.62. The summed E-state index contributed by atoms with van der Waals surface area (Å²) in [5, 5.41) is 43.6. The van der Waals surface area contributed by atoms with E-state index >= 15 is 0 Å². The first-order valence-electron chi connectivity index (χ1n) is 17.6. The number of fused-ring (bicyclic) bond motifs is 6. The number of carbonyl (C=O) groups is 2. The summed E-state index contributed by atoms with van der Waals surface area (Å²) in [5.74, 6) is 0.150. The number of hydrogen-bond acceptors (Lipinski definition) is 9. The van der Waals surface area contributed by atoms with Crippen molar-refractivity contribution in [1.82, 2.24) is 9.80 Å². The number of hydrogen-bond donors (Lipinski definition) is 4. The molecule has 0 radical (unpaired) electrons. The van der Waals surface area contributed by atoms with E-state index in [0.29, 0.717) is 30.1 Å². The Hall–Kier alpha value is -2.18. The first-order chi connectivity index (χ1) is 22.2. The topological polar surface area (TPSA) is 140 Å². The van der Waals surface area contributed by atoms with Gasteiger partial charge in [-0.05, 0) is 113 Å². The third-order valence-corrected chi connectivity index (χ3v) is 13.5. The van der Waals surface area contributed by atoms with Crippen LogP contribution in [0.25, 0.3) is 0 Å². The van der Waals surface area contributed by atoms with Crippen molar-refractivity contribution in [3.05, 3.63) is 46.5 Å². The van der Waals surface area contributed by atoms with Crippen molar-refractivity contribution in [3.8, 4) is 0 Å². The molecule has 1 aromatic carbocycles. The molecule has 3 saturated carbocycles. The Morgan fingerprint density at radius 3 is 2.43 bits per heavy atom. The highest BCUT2D eigenvalue weighted by atomic mass is 16.7. The van der Waals surface area contributed by atoms with Crippen molar-refractivity contribution >= 4 is 11.8 Å². The number of benzene rings is 1. The summed E-state index contributed by atoms with van der Waals surface area (Å²) in [6.07, 6.45) is 3.32. The Morgan fingerprint density at radius 2 is 1.68 bits per heavy atom. The molecule has 1 saturated heterocycles. The van der Waals surface area contributed by atoms with E-state index in [2.05, 4.69) is 19.9 Å². The van der Waals surface area contributed by atoms with E-state index in [4.69, 9.17) is 9.47 Å². The zero-order valence-corrected chi connectivity index (χ0v) is 28.4. The highest BCUT2D eigenvalue weighted by Gasteiger charge is 2.66. The molecule has 258 valence electrons. The van der Waals surface area contributed by atoms with Crippen LogP contribution in [0.15, 0.2) is 29.8 Å². The molecular weight excluding hydrogens is 600 g/mol. The van der Waals surface area contributed by atoms with Gasteiger partial charge in [0.2, 0.25) is 0 Å². The summed E-state index contributed by atoms with van der Waals surface area (Å²) >= 11 is 0. The molecule has 0 spiro atoms. The Labute approximate surface area is 277 Å². The molecule has 2 heterocycles. The number of allylic oxidation sites excluding steroid dienone is 1. The van der Waals surface area contributed by atoms with E-state index < -0.39 is 36.3 Å². The monoisotopic (exact) mass is 652 g/mol. The minimum Gasteiger partial charge on any atom is -0.389 e. The number of ether oxygens (including phenoxy) is 2. The van der Waals surface area contributed by atoms with E-state index in [0.717, 1.165) is 56.9 Å². The predicted molar refractivity (Wildman–Crippen MR) is 173 cm³/mol. The minimum atomic E-state index is -1.32. The Kier molecular flexibility index (Phi) is 8.31. The fourth-order valence-electron chi connectivity index (χ4n) is 10.6. The molecule has 2 amide bonds. The largest absolute Gasteiger partial charge is 0.389 e. The summed E-state index contributed by atoms with van der Waals surface area (Å²) in [7, 11) is 3.85. The quantitative estimate of drug-likeness (QED) is 0.270. The SMILES string of the molecule is C[C@@H]1O[C@@H](O[C@@H]2C=C3CC[C@@H]4[C@H](CC[C@]5(C)[C@@H](c6ccc7c(c6)C(=O)N(CCN(C)C)C7=O)CC[C@]45O)[C@@]3(C)CC2)[C@H](O)[C@H](O)[C@H]1O. The van der Waals surface area contributed by atoms with Crippen LogP contribution in [0.3, 0.4) is 0 Å². The summed E-state index contributed by atoms with van der Waals surface area (Å²) in [4.78, 5) is 29.7. The fraction of sp³-hybridized carbons (Fsp3) is 0.730. The molecule has 47 heavy (non-hydrogen) atoms. The molecule has 10 heteroatoms. The van der Waals surface area contributed by atoms with Gasteiger partial charge in [-0.2, -0.15) is 0 Å². The second-order valence-electron chi connectivity index (χ2n) is 16.1. The van der Waals surface area contributed by atoms with Crippen LogP contribution in [0, 0.1) is 22.7 Å². The van der Waals surface area contributed by atoms with Gasteiger partial charge in [0.05, 0.1) is 28.9 Å². The smallest absolute Gasteiger partial charge is 0.261 e. The van der Waals surface area contributed by atoms with Gasteiger partial charge in [-0.15, -0.1) is 0 Å². The number of nitrogens with zero attached hydrogens (tertiary/aromatic N) is 2. The van der Waals surface area contributed by atoms with E-state index in [1.165, 1.54) is 10.5 Å². The van der Waals surface area contributed by atoms with Crippen LogP contribution in [0.2, 0.25) is 0 Å². The standard InChI is InChI=1S/C37H52N2O8/c1-20-29(40)30(41)31(42)34(46-20)47-23-10-13-35(2)22(19-23)7-9-28-27(35)11-14-36(3)26(12-15-37(28,36)45)21-6-8-24-25(18-21)33(44)39(32(24)43)17-16-38(4)5/h6,8,18-20,23,26-31,34,40-42,45H,7,9-17H2,1-5H3/t20-,23-,26+,27-,28+,29-,30+,31+,34-,35-,36+,37-/m0/s1. The second-order valence-corrected chi connectivity index (χ2v) is 16.1. The molecule has 6 aliphatic rings. The molecule has 1 aromatic rings. The van der Waals surface area contributed by atoms with Gasteiger partial charge in [0.25, 0.3) is 11.8 Å². The third-order valence-electron chi connectivity index (χ3n) is 13.5. The van der Waals surface area contributed by atoms with E-state index in [1.54, 1.807) is 6.92 Å². The molecular formula is C37H52N2O8. The average Bonchev–Trinajstić information content (AvgIpc) is 3.45. The lowest BCUT2D eigenvalue weighted by atomic mass is 9.45. The van der Waals surface area contributed by atoms with Gasteiger partial charge in [0.15, 0.2) is 6.29 Å². The minimum absolute atomic E-state index is 0.0661. The second kappa shape index (κ2) is 11.7.